The standard InChI is InChI=1S/C50H33NOS/c1-50(40-18-8-5-15-36(40)37-16-6-9-19-41(37)50)42-20-11-22-45-48(42)39-31-35(29-30-44(39)52-45)51(34-27-25-33(26-28-34)32-13-3-2-4-14-32)43-21-12-24-47-49(43)38-17-7-10-23-46(38)53-47/h2-31H,1H3. The fourth-order valence-electron chi connectivity index (χ4n) is 8.92. The minimum atomic E-state index is -0.354. The summed E-state index contributed by atoms with van der Waals surface area (Å²) in [7, 11) is 0. The van der Waals surface area contributed by atoms with Gasteiger partial charge in [-0.15, -0.1) is 11.3 Å². The van der Waals surface area contributed by atoms with Crippen LogP contribution in [0.2, 0.25) is 0 Å². The molecule has 0 saturated heterocycles. The van der Waals surface area contributed by atoms with Gasteiger partial charge in [0.05, 0.1) is 5.69 Å². The predicted molar refractivity (Wildman–Crippen MR) is 224 cm³/mol. The van der Waals surface area contributed by atoms with Crippen LogP contribution in [0.1, 0.15) is 23.6 Å². The predicted octanol–water partition coefficient (Wildman–Crippen LogP) is 14.4. The maximum Gasteiger partial charge on any atom is 0.135 e. The molecular formula is C50H33NOS. The van der Waals surface area contributed by atoms with Crippen molar-refractivity contribution in [1.29, 1.82) is 0 Å². The van der Waals surface area contributed by atoms with Crippen molar-refractivity contribution >= 4 is 70.5 Å². The summed E-state index contributed by atoms with van der Waals surface area (Å²) >= 11 is 1.85. The first-order valence-corrected chi connectivity index (χ1v) is 19.0. The Balaban J connectivity index is 1.16. The molecule has 1 aliphatic carbocycles. The number of rotatable bonds is 5. The summed E-state index contributed by atoms with van der Waals surface area (Å²) in [4.78, 5) is 2.43. The summed E-state index contributed by atoms with van der Waals surface area (Å²) in [5.74, 6) is 0. The maximum absolute atomic E-state index is 6.68. The minimum absolute atomic E-state index is 0.354. The van der Waals surface area contributed by atoms with Crippen molar-refractivity contribution in [3.8, 4) is 22.3 Å². The highest BCUT2D eigenvalue weighted by atomic mass is 32.1. The first-order valence-electron chi connectivity index (χ1n) is 18.2. The number of nitrogens with zero attached hydrogens (tertiary/aromatic N) is 1. The number of fused-ring (bicyclic) bond motifs is 9. The van der Waals surface area contributed by atoms with E-state index in [-0.39, 0.29) is 5.41 Å². The lowest BCUT2D eigenvalue weighted by Crippen LogP contribution is -2.22. The molecule has 0 amide bonds. The molecule has 0 aliphatic heterocycles. The number of benzene rings is 8. The number of hydrogen-bond donors (Lipinski definition) is 0. The van der Waals surface area contributed by atoms with Gasteiger partial charge in [0.1, 0.15) is 11.2 Å². The van der Waals surface area contributed by atoms with E-state index >= 15 is 0 Å². The van der Waals surface area contributed by atoms with Gasteiger partial charge in [-0.2, -0.15) is 0 Å². The first-order chi connectivity index (χ1) is 26.2. The van der Waals surface area contributed by atoms with E-state index in [9.17, 15) is 0 Å². The van der Waals surface area contributed by atoms with Crippen molar-refractivity contribution in [2.45, 2.75) is 12.3 Å². The van der Waals surface area contributed by atoms with E-state index in [2.05, 4.69) is 194 Å². The van der Waals surface area contributed by atoms with Crippen molar-refractivity contribution < 1.29 is 4.42 Å². The number of furan rings is 1. The molecule has 250 valence electrons. The Labute approximate surface area is 311 Å². The minimum Gasteiger partial charge on any atom is -0.456 e. The SMILES string of the molecule is CC1(c2cccc3oc4ccc(N(c5ccc(-c6ccccc6)cc5)c5cccc6sc7ccccc7c56)cc4c23)c2ccccc2-c2ccccc21. The molecule has 2 nitrogen and oxygen atoms in total. The van der Waals surface area contributed by atoms with Gasteiger partial charge < -0.3 is 9.32 Å². The van der Waals surface area contributed by atoms with Crippen LogP contribution in [0.3, 0.4) is 0 Å². The van der Waals surface area contributed by atoms with Crippen LogP contribution in [0.4, 0.5) is 17.1 Å². The highest BCUT2D eigenvalue weighted by Crippen LogP contribution is 2.55. The van der Waals surface area contributed by atoms with Crippen molar-refractivity contribution in [3.05, 3.63) is 199 Å². The smallest absolute Gasteiger partial charge is 0.135 e. The average molecular weight is 696 g/mol. The van der Waals surface area contributed by atoms with Gasteiger partial charge in [-0.05, 0) is 100 Å². The molecule has 0 unspecified atom stereocenters. The van der Waals surface area contributed by atoms with E-state index in [1.165, 1.54) is 59.1 Å². The van der Waals surface area contributed by atoms with Gasteiger partial charge in [0, 0.05) is 47.7 Å². The van der Waals surface area contributed by atoms with Crippen LogP contribution >= 0.6 is 11.3 Å². The van der Waals surface area contributed by atoms with Crippen molar-refractivity contribution in [2.24, 2.45) is 0 Å². The molecule has 8 aromatic carbocycles. The molecule has 2 aromatic heterocycles. The van der Waals surface area contributed by atoms with Crippen molar-refractivity contribution in [3.63, 3.8) is 0 Å². The van der Waals surface area contributed by atoms with E-state index in [0.29, 0.717) is 0 Å². The van der Waals surface area contributed by atoms with Gasteiger partial charge >= 0.3 is 0 Å². The maximum atomic E-state index is 6.68. The molecule has 0 fully saturated rings. The van der Waals surface area contributed by atoms with E-state index in [1.54, 1.807) is 0 Å². The zero-order valence-electron chi connectivity index (χ0n) is 29.1. The third-order valence-electron chi connectivity index (χ3n) is 11.4. The fourth-order valence-corrected chi connectivity index (χ4v) is 10.0. The second-order valence-corrected chi connectivity index (χ2v) is 15.3. The Morgan fingerprint density at radius 3 is 1.87 bits per heavy atom. The van der Waals surface area contributed by atoms with Crippen LogP contribution < -0.4 is 4.90 Å². The van der Waals surface area contributed by atoms with Gasteiger partial charge in [0.2, 0.25) is 0 Å². The molecule has 10 aromatic rings. The quantitative estimate of drug-likeness (QED) is 0.178. The topological polar surface area (TPSA) is 16.4 Å². The van der Waals surface area contributed by atoms with Gasteiger partial charge in [0.25, 0.3) is 0 Å². The molecule has 0 spiro atoms. The van der Waals surface area contributed by atoms with Crippen molar-refractivity contribution in [2.75, 3.05) is 4.90 Å². The van der Waals surface area contributed by atoms with E-state index in [1.807, 2.05) is 11.3 Å². The number of hydrogen-bond acceptors (Lipinski definition) is 3. The molecule has 11 rings (SSSR count). The highest BCUT2D eigenvalue weighted by molar-refractivity contribution is 7.26. The highest BCUT2D eigenvalue weighted by Gasteiger charge is 2.42. The lowest BCUT2D eigenvalue weighted by Gasteiger charge is -2.29. The zero-order valence-corrected chi connectivity index (χ0v) is 29.9. The monoisotopic (exact) mass is 695 g/mol. The molecule has 3 heteroatoms. The largest absolute Gasteiger partial charge is 0.456 e. The Kier molecular flexibility index (Phi) is 6.58. The molecular weight excluding hydrogens is 663 g/mol. The van der Waals surface area contributed by atoms with Crippen LogP contribution in [0, 0.1) is 0 Å². The third-order valence-corrected chi connectivity index (χ3v) is 12.5. The van der Waals surface area contributed by atoms with E-state index < -0.39 is 0 Å². The summed E-state index contributed by atoms with van der Waals surface area (Å²) in [6.45, 7) is 2.39. The molecule has 0 saturated carbocycles. The lowest BCUT2D eigenvalue weighted by atomic mass is 9.73. The second-order valence-electron chi connectivity index (χ2n) is 14.2. The summed E-state index contributed by atoms with van der Waals surface area (Å²) in [6.07, 6.45) is 0. The molecule has 0 bridgehead atoms. The van der Waals surface area contributed by atoms with Gasteiger partial charge in [-0.1, -0.05) is 127 Å². The Morgan fingerprint density at radius 2 is 1.08 bits per heavy atom. The molecule has 0 atom stereocenters. The van der Waals surface area contributed by atoms with Crippen LogP contribution in [0.15, 0.2) is 186 Å². The average Bonchev–Trinajstić information content (AvgIpc) is 3.87. The van der Waals surface area contributed by atoms with Crippen LogP contribution in [0.5, 0.6) is 0 Å². The van der Waals surface area contributed by atoms with Gasteiger partial charge in [-0.25, -0.2) is 0 Å². The van der Waals surface area contributed by atoms with Gasteiger partial charge in [0.15, 0.2) is 0 Å². The van der Waals surface area contributed by atoms with Crippen molar-refractivity contribution in [1.82, 2.24) is 0 Å². The Bertz CT molecular complexity index is 2980. The van der Waals surface area contributed by atoms with E-state index in [4.69, 9.17) is 4.42 Å². The van der Waals surface area contributed by atoms with E-state index in [0.717, 1.165) is 39.0 Å². The first kappa shape index (κ1) is 30.2. The summed E-state index contributed by atoms with van der Waals surface area (Å²) in [6, 6.07) is 66.1. The Morgan fingerprint density at radius 1 is 0.453 bits per heavy atom. The Hall–Kier alpha value is -6.42. The second kappa shape index (κ2) is 11.5. The molecule has 0 radical (unpaired) electrons. The zero-order chi connectivity index (χ0) is 35.1. The van der Waals surface area contributed by atoms with Crippen LogP contribution in [-0.4, -0.2) is 0 Å². The normalized spacial score (nSPS) is 13.2. The number of thiophene rings is 1. The van der Waals surface area contributed by atoms with Gasteiger partial charge in [-0.3, -0.25) is 0 Å². The van der Waals surface area contributed by atoms with Crippen LogP contribution in [0.25, 0.3) is 64.4 Å². The number of anilines is 3. The third kappa shape index (κ3) is 4.44. The lowest BCUT2D eigenvalue weighted by molar-refractivity contribution is 0.666. The molecule has 53 heavy (non-hydrogen) atoms. The van der Waals surface area contributed by atoms with Crippen LogP contribution in [-0.2, 0) is 5.41 Å². The molecule has 0 N–H and O–H groups in total. The summed E-state index contributed by atoms with van der Waals surface area (Å²) < 4.78 is 9.25. The summed E-state index contributed by atoms with van der Waals surface area (Å²) in [5.41, 5.74) is 13.7. The summed E-state index contributed by atoms with van der Waals surface area (Å²) in [5, 5.41) is 4.82. The molecule has 1 aliphatic rings. The fraction of sp³-hybridized carbons (Fsp3) is 0.0400. The molecule has 2 heterocycles.